The SMILES string of the molecule is CN1CCN(c2nccc3c2CC=C(Br)S3)CC1. The van der Waals surface area contributed by atoms with Crippen LogP contribution in [0.4, 0.5) is 5.82 Å². The first kappa shape index (κ1) is 12.5. The van der Waals surface area contributed by atoms with Gasteiger partial charge in [-0.15, -0.1) is 0 Å². The van der Waals surface area contributed by atoms with Gasteiger partial charge in [-0.1, -0.05) is 17.8 Å². The third kappa shape index (κ3) is 2.44. The van der Waals surface area contributed by atoms with Gasteiger partial charge in [-0.2, -0.15) is 0 Å². The largest absolute Gasteiger partial charge is 0.354 e. The van der Waals surface area contributed by atoms with Crippen molar-refractivity contribution in [3.05, 3.63) is 27.7 Å². The lowest BCUT2D eigenvalue weighted by Gasteiger charge is -2.34. The van der Waals surface area contributed by atoms with Crippen LogP contribution in [-0.4, -0.2) is 43.1 Å². The number of thioether (sulfide) groups is 1. The van der Waals surface area contributed by atoms with Gasteiger partial charge in [0.2, 0.25) is 0 Å². The third-order valence-corrected chi connectivity index (χ3v) is 5.24. The molecule has 2 aliphatic heterocycles. The smallest absolute Gasteiger partial charge is 0.133 e. The number of fused-ring (bicyclic) bond motifs is 1. The van der Waals surface area contributed by atoms with Gasteiger partial charge >= 0.3 is 0 Å². The zero-order valence-electron chi connectivity index (χ0n) is 10.4. The Hall–Kier alpha value is -0.520. The molecule has 0 spiro atoms. The second-order valence-corrected chi connectivity index (χ2v) is 7.18. The Balaban J connectivity index is 1.88. The van der Waals surface area contributed by atoms with Gasteiger partial charge in [-0.05, 0) is 35.5 Å². The zero-order valence-corrected chi connectivity index (χ0v) is 12.8. The van der Waals surface area contributed by atoms with E-state index in [4.69, 9.17) is 0 Å². The van der Waals surface area contributed by atoms with E-state index < -0.39 is 0 Å². The van der Waals surface area contributed by atoms with E-state index in [1.807, 2.05) is 6.20 Å². The molecule has 1 aromatic rings. The molecule has 0 aromatic carbocycles. The Kier molecular flexibility index (Phi) is 3.63. The van der Waals surface area contributed by atoms with Gasteiger partial charge in [0, 0.05) is 42.8 Å². The monoisotopic (exact) mass is 325 g/mol. The highest BCUT2D eigenvalue weighted by Gasteiger charge is 2.21. The molecule has 0 N–H and O–H groups in total. The molecular weight excluding hydrogens is 310 g/mol. The Morgan fingerprint density at radius 2 is 2.06 bits per heavy atom. The van der Waals surface area contributed by atoms with Gasteiger partial charge in [0.25, 0.3) is 0 Å². The van der Waals surface area contributed by atoms with Crippen LogP contribution in [-0.2, 0) is 6.42 Å². The number of likely N-dealkylation sites (N-methyl/N-ethyl adjacent to an activating group) is 1. The quantitative estimate of drug-likeness (QED) is 0.790. The Morgan fingerprint density at radius 1 is 1.28 bits per heavy atom. The summed E-state index contributed by atoms with van der Waals surface area (Å²) in [6.45, 7) is 4.40. The number of nitrogens with zero attached hydrogens (tertiary/aromatic N) is 3. The van der Waals surface area contributed by atoms with E-state index in [2.05, 4.69) is 49.9 Å². The third-order valence-electron chi connectivity index (χ3n) is 3.47. The number of hydrogen-bond acceptors (Lipinski definition) is 4. The Labute approximate surface area is 120 Å². The van der Waals surface area contributed by atoms with Crippen molar-refractivity contribution in [1.82, 2.24) is 9.88 Å². The van der Waals surface area contributed by atoms with Crippen molar-refractivity contribution in [3.63, 3.8) is 0 Å². The highest BCUT2D eigenvalue weighted by atomic mass is 79.9. The minimum absolute atomic E-state index is 0.985. The maximum absolute atomic E-state index is 4.62. The van der Waals surface area contributed by atoms with Gasteiger partial charge < -0.3 is 9.80 Å². The van der Waals surface area contributed by atoms with Crippen LogP contribution < -0.4 is 4.90 Å². The van der Waals surface area contributed by atoms with Gasteiger partial charge in [0.15, 0.2) is 0 Å². The molecule has 1 aromatic heterocycles. The minimum Gasteiger partial charge on any atom is -0.354 e. The summed E-state index contributed by atoms with van der Waals surface area (Å²) in [4.78, 5) is 10.8. The molecule has 3 nitrogen and oxygen atoms in total. The van der Waals surface area contributed by atoms with Gasteiger partial charge in [-0.25, -0.2) is 4.98 Å². The maximum atomic E-state index is 4.62. The average Bonchev–Trinajstić information content (AvgIpc) is 2.38. The summed E-state index contributed by atoms with van der Waals surface area (Å²) < 4.78 is 1.21. The molecule has 18 heavy (non-hydrogen) atoms. The summed E-state index contributed by atoms with van der Waals surface area (Å²) in [5, 5.41) is 0. The maximum Gasteiger partial charge on any atom is 0.133 e. The molecule has 0 radical (unpaired) electrons. The van der Waals surface area contributed by atoms with Gasteiger partial charge in [-0.3, -0.25) is 0 Å². The van der Waals surface area contributed by atoms with Crippen molar-refractivity contribution >= 4 is 33.5 Å². The van der Waals surface area contributed by atoms with Crippen LogP contribution in [0, 0.1) is 0 Å². The van der Waals surface area contributed by atoms with Crippen LogP contribution in [0.2, 0.25) is 0 Å². The molecule has 0 saturated carbocycles. The van der Waals surface area contributed by atoms with E-state index in [9.17, 15) is 0 Å². The first-order valence-electron chi connectivity index (χ1n) is 6.19. The molecular formula is C13H16BrN3S. The van der Waals surface area contributed by atoms with Crippen LogP contribution in [0.15, 0.2) is 27.0 Å². The van der Waals surface area contributed by atoms with E-state index in [1.165, 1.54) is 20.1 Å². The van der Waals surface area contributed by atoms with Crippen molar-refractivity contribution in [2.75, 3.05) is 38.1 Å². The number of halogens is 1. The molecule has 0 unspecified atom stereocenters. The van der Waals surface area contributed by atoms with Gasteiger partial charge in [0.1, 0.15) is 5.82 Å². The molecule has 1 fully saturated rings. The highest BCUT2D eigenvalue weighted by molar-refractivity contribution is 9.14. The van der Waals surface area contributed by atoms with Crippen LogP contribution >= 0.6 is 27.7 Å². The summed E-state index contributed by atoms with van der Waals surface area (Å²) in [6.07, 6.45) is 5.15. The second-order valence-electron chi connectivity index (χ2n) is 4.72. The van der Waals surface area contributed by atoms with Crippen molar-refractivity contribution in [1.29, 1.82) is 0 Å². The molecule has 3 heterocycles. The average molecular weight is 326 g/mol. The number of allylic oxidation sites excluding steroid dienone is 1. The lowest BCUT2D eigenvalue weighted by molar-refractivity contribution is 0.311. The van der Waals surface area contributed by atoms with E-state index in [1.54, 1.807) is 11.8 Å². The van der Waals surface area contributed by atoms with Crippen molar-refractivity contribution in [2.45, 2.75) is 11.3 Å². The number of aromatic nitrogens is 1. The fourth-order valence-electron chi connectivity index (χ4n) is 2.37. The first-order valence-corrected chi connectivity index (χ1v) is 7.80. The summed E-state index contributed by atoms with van der Waals surface area (Å²) in [7, 11) is 2.18. The number of rotatable bonds is 1. The topological polar surface area (TPSA) is 19.4 Å². The van der Waals surface area contributed by atoms with Crippen LogP contribution in [0.25, 0.3) is 0 Å². The van der Waals surface area contributed by atoms with Crippen LogP contribution in [0.5, 0.6) is 0 Å². The molecule has 0 aliphatic carbocycles. The lowest BCUT2D eigenvalue weighted by Crippen LogP contribution is -2.45. The van der Waals surface area contributed by atoms with Crippen LogP contribution in [0.3, 0.4) is 0 Å². The number of anilines is 1. The van der Waals surface area contributed by atoms with Crippen molar-refractivity contribution < 1.29 is 0 Å². The predicted molar refractivity (Wildman–Crippen MR) is 80.5 cm³/mol. The summed E-state index contributed by atoms with van der Waals surface area (Å²) in [5.74, 6) is 1.18. The Bertz CT molecular complexity index is 481. The first-order chi connectivity index (χ1) is 8.74. The molecule has 2 aliphatic rings. The zero-order chi connectivity index (χ0) is 12.5. The fraction of sp³-hybridized carbons (Fsp3) is 0.462. The molecule has 0 atom stereocenters. The normalized spacial score (nSPS) is 20.6. The predicted octanol–water partition coefficient (Wildman–Crippen LogP) is 2.72. The molecule has 1 saturated heterocycles. The molecule has 96 valence electrons. The van der Waals surface area contributed by atoms with Gasteiger partial charge in [0.05, 0.1) is 3.81 Å². The molecule has 5 heteroatoms. The van der Waals surface area contributed by atoms with E-state index >= 15 is 0 Å². The number of piperazine rings is 1. The number of pyridine rings is 1. The van der Waals surface area contributed by atoms with E-state index in [0.717, 1.165) is 32.6 Å². The number of hydrogen-bond donors (Lipinski definition) is 0. The second kappa shape index (κ2) is 5.23. The summed E-state index contributed by atoms with van der Waals surface area (Å²) >= 11 is 5.36. The molecule has 0 amide bonds. The Morgan fingerprint density at radius 3 is 2.83 bits per heavy atom. The van der Waals surface area contributed by atoms with Crippen molar-refractivity contribution in [3.8, 4) is 0 Å². The van der Waals surface area contributed by atoms with Crippen LogP contribution in [0.1, 0.15) is 5.56 Å². The van der Waals surface area contributed by atoms with E-state index in [-0.39, 0.29) is 0 Å². The summed E-state index contributed by atoms with van der Waals surface area (Å²) in [6, 6.07) is 2.12. The standard InChI is InChI=1S/C13H16BrN3S/c1-16-6-8-17(9-7-16)13-10-2-3-12(14)18-11(10)4-5-15-13/h3-5H,2,6-9H2,1H3. The minimum atomic E-state index is 0.985. The highest BCUT2D eigenvalue weighted by Crippen LogP contribution is 2.40. The molecule has 3 rings (SSSR count). The molecule has 0 bridgehead atoms. The summed E-state index contributed by atoms with van der Waals surface area (Å²) in [5.41, 5.74) is 1.38. The van der Waals surface area contributed by atoms with Crippen molar-refractivity contribution in [2.24, 2.45) is 0 Å². The van der Waals surface area contributed by atoms with E-state index in [0.29, 0.717) is 0 Å². The fourth-order valence-corrected chi connectivity index (χ4v) is 3.86. The lowest BCUT2D eigenvalue weighted by atomic mass is 10.1.